The van der Waals surface area contributed by atoms with E-state index in [1.54, 1.807) is 0 Å². The van der Waals surface area contributed by atoms with E-state index in [1.165, 1.54) is 51.4 Å². The van der Waals surface area contributed by atoms with Crippen LogP contribution in [0.1, 0.15) is 65.2 Å². The fourth-order valence-electron chi connectivity index (χ4n) is 3.84. The van der Waals surface area contributed by atoms with Gasteiger partial charge in [-0.2, -0.15) is 0 Å². The topological polar surface area (TPSA) is 29.5 Å². The Bertz CT molecular complexity index is 238. The van der Waals surface area contributed by atoms with Crippen LogP contribution < -0.4 is 0 Å². The molecule has 2 rings (SSSR count). The van der Waals surface area contributed by atoms with E-state index in [9.17, 15) is 0 Å². The molecule has 0 heterocycles. The maximum Gasteiger partial charge on any atom is 0.0575 e. The van der Waals surface area contributed by atoms with Gasteiger partial charge in [0.1, 0.15) is 0 Å². The van der Waals surface area contributed by atoms with Gasteiger partial charge in [-0.1, -0.05) is 26.7 Å². The predicted octanol–water partition coefficient (Wildman–Crippen LogP) is 4.02. The van der Waals surface area contributed by atoms with Gasteiger partial charge in [0.25, 0.3) is 0 Å². The number of hydrogen-bond acceptors (Lipinski definition) is 2. The Morgan fingerprint density at radius 1 is 0.947 bits per heavy atom. The van der Waals surface area contributed by atoms with E-state index in [4.69, 9.17) is 9.84 Å². The molecule has 0 saturated heterocycles. The van der Waals surface area contributed by atoms with Crippen molar-refractivity contribution in [2.75, 3.05) is 13.2 Å². The van der Waals surface area contributed by atoms with Crippen LogP contribution in [0.5, 0.6) is 0 Å². The first-order chi connectivity index (χ1) is 9.19. The summed E-state index contributed by atoms with van der Waals surface area (Å²) in [5.74, 6) is 3.24. The summed E-state index contributed by atoms with van der Waals surface area (Å²) in [5, 5.41) is 9.02. The molecule has 0 aliphatic heterocycles. The molecule has 0 aromatic heterocycles. The van der Waals surface area contributed by atoms with Gasteiger partial charge in [-0.3, -0.25) is 0 Å². The monoisotopic (exact) mass is 268 g/mol. The van der Waals surface area contributed by atoms with Crippen molar-refractivity contribution >= 4 is 0 Å². The first-order valence-corrected chi connectivity index (χ1v) is 8.41. The normalized spacial score (nSPS) is 38.1. The molecule has 112 valence electrons. The molecule has 0 aromatic carbocycles. The lowest BCUT2D eigenvalue weighted by Crippen LogP contribution is -2.29. The highest BCUT2D eigenvalue weighted by atomic mass is 16.5. The lowest BCUT2D eigenvalue weighted by atomic mass is 9.71. The first-order valence-electron chi connectivity index (χ1n) is 8.41. The van der Waals surface area contributed by atoms with Crippen LogP contribution in [0.15, 0.2) is 0 Å². The lowest BCUT2D eigenvalue weighted by Gasteiger charge is -2.37. The van der Waals surface area contributed by atoms with E-state index in [2.05, 4.69) is 13.8 Å². The predicted molar refractivity (Wildman–Crippen MR) is 79.1 cm³/mol. The Morgan fingerprint density at radius 2 is 1.47 bits per heavy atom. The fraction of sp³-hybridized carbons (Fsp3) is 1.00. The van der Waals surface area contributed by atoms with E-state index in [0.717, 1.165) is 24.4 Å². The van der Waals surface area contributed by atoms with Gasteiger partial charge in [-0.15, -0.1) is 0 Å². The lowest BCUT2D eigenvalue weighted by molar-refractivity contribution is -0.0144. The van der Waals surface area contributed by atoms with Crippen molar-refractivity contribution in [2.24, 2.45) is 23.7 Å². The summed E-state index contributed by atoms with van der Waals surface area (Å²) >= 11 is 0. The van der Waals surface area contributed by atoms with Gasteiger partial charge in [0.2, 0.25) is 0 Å². The highest BCUT2D eigenvalue weighted by Crippen LogP contribution is 2.40. The SMILES string of the molecule is CC1CCC(C2CCC(OCC(C)CO)CC2)CC1. The van der Waals surface area contributed by atoms with Crippen molar-refractivity contribution in [2.45, 2.75) is 71.3 Å². The first kappa shape index (κ1) is 15.3. The Kier molecular flexibility index (Phi) is 6.15. The van der Waals surface area contributed by atoms with Crippen LogP contribution in [0.3, 0.4) is 0 Å². The van der Waals surface area contributed by atoms with Gasteiger partial charge < -0.3 is 9.84 Å². The van der Waals surface area contributed by atoms with E-state index in [-0.39, 0.29) is 12.5 Å². The molecule has 1 N–H and O–H groups in total. The molecule has 2 saturated carbocycles. The summed E-state index contributed by atoms with van der Waals surface area (Å²) in [5.41, 5.74) is 0. The van der Waals surface area contributed by atoms with Gasteiger partial charge in [0.15, 0.2) is 0 Å². The standard InChI is InChI=1S/C17H32O2/c1-13-3-5-15(6-4-13)16-7-9-17(10-8-16)19-12-14(2)11-18/h13-18H,3-12H2,1-2H3. The van der Waals surface area contributed by atoms with Crippen LogP contribution >= 0.6 is 0 Å². The molecule has 2 nitrogen and oxygen atoms in total. The molecule has 2 aliphatic carbocycles. The summed E-state index contributed by atoms with van der Waals surface area (Å²) in [6.45, 7) is 5.43. The van der Waals surface area contributed by atoms with Crippen molar-refractivity contribution in [3.8, 4) is 0 Å². The van der Waals surface area contributed by atoms with Crippen LogP contribution in [0.25, 0.3) is 0 Å². The zero-order chi connectivity index (χ0) is 13.7. The van der Waals surface area contributed by atoms with Crippen molar-refractivity contribution in [1.82, 2.24) is 0 Å². The Morgan fingerprint density at radius 3 is 2.00 bits per heavy atom. The van der Waals surface area contributed by atoms with Crippen molar-refractivity contribution in [1.29, 1.82) is 0 Å². The Balaban J connectivity index is 1.65. The Labute approximate surface area is 118 Å². The largest absolute Gasteiger partial charge is 0.396 e. The van der Waals surface area contributed by atoms with Crippen LogP contribution in [0.4, 0.5) is 0 Å². The second-order valence-electron chi connectivity index (χ2n) is 7.18. The van der Waals surface area contributed by atoms with Gasteiger partial charge >= 0.3 is 0 Å². The highest BCUT2D eigenvalue weighted by Gasteiger charge is 2.30. The van der Waals surface area contributed by atoms with Crippen molar-refractivity contribution in [3.05, 3.63) is 0 Å². The number of hydrogen-bond donors (Lipinski definition) is 1. The van der Waals surface area contributed by atoms with E-state index >= 15 is 0 Å². The minimum Gasteiger partial charge on any atom is -0.396 e. The van der Waals surface area contributed by atoms with Gasteiger partial charge in [0, 0.05) is 12.5 Å². The van der Waals surface area contributed by atoms with Gasteiger partial charge in [0.05, 0.1) is 12.7 Å². The third kappa shape index (κ3) is 4.75. The average molecular weight is 268 g/mol. The highest BCUT2D eigenvalue weighted by molar-refractivity contribution is 4.81. The molecule has 1 atom stereocenters. The summed E-state index contributed by atoms with van der Waals surface area (Å²) in [4.78, 5) is 0. The average Bonchev–Trinajstić information content (AvgIpc) is 2.46. The van der Waals surface area contributed by atoms with Crippen LogP contribution in [-0.4, -0.2) is 24.4 Å². The van der Waals surface area contributed by atoms with Crippen molar-refractivity contribution in [3.63, 3.8) is 0 Å². The third-order valence-electron chi connectivity index (χ3n) is 5.37. The molecule has 0 spiro atoms. The summed E-state index contributed by atoms with van der Waals surface area (Å²) in [7, 11) is 0. The zero-order valence-electron chi connectivity index (χ0n) is 12.8. The van der Waals surface area contributed by atoms with Gasteiger partial charge in [-0.05, 0) is 56.3 Å². The van der Waals surface area contributed by atoms with Gasteiger partial charge in [-0.25, -0.2) is 0 Å². The summed E-state index contributed by atoms with van der Waals surface area (Å²) in [6, 6.07) is 0. The second kappa shape index (κ2) is 7.64. The molecule has 2 heteroatoms. The molecule has 0 aromatic rings. The van der Waals surface area contributed by atoms with E-state index in [0.29, 0.717) is 6.10 Å². The van der Waals surface area contributed by atoms with E-state index < -0.39 is 0 Å². The molecule has 2 aliphatic rings. The molecule has 0 bridgehead atoms. The van der Waals surface area contributed by atoms with Crippen LogP contribution in [-0.2, 0) is 4.74 Å². The molecular weight excluding hydrogens is 236 g/mol. The zero-order valence-corrected chi connectivity index (χ0v) is 12.8. The Hall–Kier alpha value is -0.0800. The fourth-order valence-corrected chi connectivity index (χ4v) is 3.84. The minimum absolute atomic E-state index is 0.246. The number of rotatable bonds is 5. The quantitative estimate of drug-likeness (QED) is 0.816. The van der Waals surface area contributed by atoms with Crippen LogP contribution in [0.2, 0.25) is 0 Å². The van der Waals surface area contributed by atoms with Crippen LogP contribution in [0, 0.1) is 23.7 Å². The number of ether oxygens (including phenoxy) is 1. The van der Waals surface area contributed by atoms with Crippen molar-refractivity contribution < 1.29 is 9.84 Å². The molecular formula is C17H32O2. The smallest absolute Gasteiger partial charge is 0.0575 e. The molecule has 0 amide bonds. The molecule has 2 fully saturated rings. The maximum atomic E-state index is 9.02. The molecule has 19 heavy (non-hydrogen) atoms. The number of aliphatic hydroxyl groups is 1. The molecule has 0 radical (unpaired) electrons. The summed E-state index contributed by atoms with van der Waals surface area (Å²) in [6.07, 6.45) is 11.5. The molecule has 1 unspecified atom stereocenters. The third-order valence-corrected chi connectivity index (χ3v) is 5.37. The minimum atomic E-state index is 0.246. The van der Waals surface area contributed by atoms with E-state index in [1.807, 2.05) is 0 Å². The second-order valence-corrected chi connectivity index (χ2v) is 7.18. The summed E-state index contributed by atoms with van der Waals surface area (Å²) < 4.78 is 5.93. The number of aliphatic hydroxyl groups excluding tert-OH is 1. The maximum absolute atomic E-state index is 9.02.